The lowest BCUT2D eigenvalue weighted by Gasteiger charge is -2.10. The first-order valence-corrected chi connectivity index (χ1v) is 7.01. The van der Waals surface area contributed by atoms with Gasteiger partial charge in [-0.15, -0.1) is 0 Å². The average molecular weight is 388 g/mol. The summed E-state index contributed by atoms with van der Waals surface area (Å²) in [6.45, 7) is 0.319. The molecule has 0 bridgehead atoms. The number of ether oxygens (including phenoxy) is 1. The van der Waals surface area contributed by atoms with E-state index >= 15 is 0 Å². The summed E-state index contributed by atoms with van der Waals surface area (Å²) in [6.07, 6.45) is 0. The van der Waals surface area contributed by atoms with E-state index in [1.807, 2.05) is 18.2 Å². The molecular weight excluding hydrogens is 376 g/mol. The fourth-order valence-corrected chi connectivity index (χ4v) is 2.21. The van der Waals surface area contributed by atoms with E-state index in [1.165, 1.54) is 0 Å². The van der Waals surface area contributed by atoms with Crippen LogP contribution in [0.5, 0.6) is 0 Å². The summed E-state index contributed by atoms with van der Waals surface area (Å²) in [5, 5.41) is 3.19. The summed E-state index contributed by atoms with van der Waals surface area (Å²) in [5.74, 6) is 1.56. The van der Waals surface area contributed by atoms with E-state index in [0.29, 0.717) is 24.1 Å². The lowest BCUT2D eigenvalue weighted by atomic mass is 10.3. The zero-order valence-electron chi connectivity index (χ0n) is 10.2. The Morgan fingerprint density at radius 2 is 2.05 bits per heavy atom. The van der Waals surface area contributed by atoms with E-state index in [0.717, 1.165) is 14.6 Å². The van der Waals surface area contributed by atoms with E-state index < -0.39 is 0 Å². The minimum atomic E-state index is 0.319. The Hall–Kier alpha value is -1.18. The Kier molecular flexibility index (Phi) is 4.73. The molecule has 0 spiro atoms. The zero-order chi connectivity index (χ0) is 13.8. The number of benzene rings is 1. The van der Waals surface area contributed by atoms with Gasteiger partial charge < -0.3 is 15.8 Å². The highest BCUT2D eigenvalue weighted by Crippen LogP contribution is 2.28. The van der Waals surface area contributed by atoms with Crippen LogP contribution in [0.15, 0.2) is 33.2 Å². The van der Waals surface area contributed by atoms with Crippen molar-refractivity contribution in [2.24, 2.45) is 0 Å². The van der Waals surface area contributed by atoms with Crippen LogP contribution < -0.4 is 11.1 Å². The highest BCUT2D eigenvalue weighted by molar-refractivity contribution is 9.11. The number of hydrogen-bond donors (Lipinski definition) is 2. The topological polar surface area (TPSA) is 73.1 Å². The molecule has 3 N–H and O–H groups in total. The normalized spacial score (nSPS) is 10.5. The number of rotatable bonds is 4. The number of nitrogens with one attached hydrogen (secondary N) is 1. The molecule has 1 heterocycles. The smallest absolute Gasteiger partial charge is 0.158 e. The van der Waals surface area contributed by atoms with Gasteiger partial charge in [-0.2, -0.15) is 0 Å². The van der Waals surface area contributed by atoms with Gasteiger partial charge in [0.2, 0.25) is 0 Å². The fraction of sp³-hybridized carbons (Fsp3) is 0.167. The second kappa shape index (κ2) is 6.31. The molecule has 0 aliphatic carbocycles. The number of anilines is 3. The number of methoxy groups -OCH3 is 1. The lowest BCUT2D eigenvalue weighted by Crippen LogP contribution is -2.04. The van der Waals surface area contributed by atoms with Crippen LogP contribution in [0.4, 0.5) is 17.3 Å². The summed E-state index contributed by atoms with van der Waals surface area (Å²) in [5.41, 5.74) is 6.63. The number of halogens is 2. The monoisotopic (exact) mass is 386 g/mol. The molecule has 0 aliphatic rings. The minimum Gasteiger partial charge on any atom is -0.384 e. The molecular formula is C12H12Br2N4O. The quantitative estimate of drug-likeness (QED) is 0.840. The van der Waals surface area contributed by atoms with Crippen LogP contribution >= 0.6 is 31.9 Å². The average Bonchev–Trinajstić information content (AvgIpc) is 2.33. The molecule has 0 radical (unpaired) electrons. The van der Waals surface area contributed by atoms with Crippen LogP contribution in [-0.2, 0) is 11.3 Å². The summed E-state index contributed by atoms with van der Waals surface area (Å²) < 4.78 is 6.91. The predicted octanol–water partition coefficient (Wildman–Crippen LogP) is 3.47. The third-order valence-corrected chi connectivity index (χ3v) is 3.44. The lowest BCUT2D eigenvalue weighted by molar-refractivity contribution is 0.178. The van der Waals surface area contributed by atoms with Gasteiger partial charge in [-0.25, -0.2) is 9.97 Å². The molecule has 2 rings (SSSR count). The Morgan fingerprint density at radius 1 is 1.26 bits per heavy atom. The number of nitrogens with two attached hydrogens (primary N) is 1. The Bertz CT molecular complexity index is 592. The highest BCUT2D eigenvalue weighted by Gasteiger charge is 2.06. The van der Waals surface area contributed by atoms with E-state index in [-0.39, 0.29) is 0 Å². The summed E-state index contributed by atoms with van der Waals surface area (Å²) in [4.78, 5) is 8.41. The molecule has 1 aromatic heterocycles. The van der Waals surface area contributed by atoms with E-state index in [4.69, 9.17) is 10.5 Å². The van der Waals surface area contributed by atoms with Gasteiger partial charge in [0.05, 0.1) is 5.69 Å². The van der Waals surface area contributed by atoms with Crippen molar-refractivity contribution in [1.29, 1.82) is 0 Å². The third kappa shape index (κ3) is 3.89. The first-order valence-electron chi connectivity index (χ1n) is 5.43. The van der Waals surface area contributed by atoms with Crippen LogP contribution in [0.2, 0.25) is 0 Å². The standard InChI is InChI=1S/C12H12Br2N4O/c1-19-6-12-17-10(15)5-11(18-12)16-9-4-7(13)2-3-8(9)14/h2-5H,6H2,1H3,(H3,15,16,17,18). The first kappa shape index (κ1) is 14.2. The molecule has 2 aromatic rings. The Balaban J connectivity index is 2.29. The summed E-state index contributed by atoms with van der Waals surface area (Å²) in [6, 6.07) is 7.50. The van der Waals surface area contributed by atoms with Crippen molar-refractivity contribution >= 4 is 49.2 Å². The summed E-state index contributed by atoms with van der Waals surface area (Å²) in [7, 11) is 1.59. The number of nitrogens with zero attached hydrogens (tertiary/aromatic N) is 2. The second-order valence-corrected chi connectivity index (χ2v) is 5.55. The zero-order valence-corrected chi connectivity index (χ0v) is 13.3. The first-order chi connectivity index (χ1) is 9.08. The van der Waals surface area contributed by atoms with Crippen LogP contribution in [0.1, 0.15) is 5.82 Å². The third-order valence-electron chi connectivity index (χ3n) is 2.26. The van der Waals surface area contributed by atoms with Crippen molar-refractivity contribution in [3.63, 3.8) is 0 Å². The van der Waals surface area contributed by atoms with Gasteiger partial charge in [0.1, 0.15) is 18.2 Å². The molecule has 0 atom stereocenters. The second-order valence-electron chi connectivity index (χ2n) is 3.78. The number of aromatic nitrogens is 2. The van der Waals surface area contributed by atoms with Crippen molar-refractivity contribution in [2.45, 2.75) is 6.61 Å². The highest BCUT2D eigenvalue weighted by atomic mass is 79.9. The molecule has 19 heavy (non-hydrogen) atoms. The van der Waals surface area contributed by atoms with Gasteiger partial charge >= 0.3 is 0 Å². The van der Waals surface area contributed by atoms with Gasteiger partial charge in [0, 0.05) is 22.1 Å². The van der Waals surface area contributed by atoms with Gasteiger partial charge in [-0.05, 0) is 34.1 Å². The van der Waals surface area contributed by atoms with Crippen molar-refractivity contribution in [3.8, 4) is 0 Å². The SMILES string of the molecule is COCc1nc(N)cc(Nc2cc(Br)ccc2Br)n1. The number of nitrogen functional groups attached to an aromatic ring is 1. The maximum Gasteiger partial charge on any atom is 0.158 e. The summed E-state index contributed by atoms with van der Waals surface area (Å²) >= 11 is 6.90. The molecule has 0 saturated heterocycles. The molecule has 0 saturated carbocycles. The van der Waals surface area contributed by atoms with Crippen LogP contribution in [-0.4, -0.2) is 17.1 Å². The maximum atomic E-state index is 5.74. The molecule has 0 unspecified atom stereocenters. The van der Waals surface area contributed by atoms with Gasteiger partial charge in [0.25, 0.3) is 0 Å². The van der Waals surface area contributed by atoms with Crippen LogP contribution in [0.3, 0.4) is 0 Å². The van der Waals surface area contributed by atoms with Crippen molar-refractivity contribution in [2.75, 3.05) is 18.2 Å². The molecule has 0 aliphatic heterocycles. The Morgan fingerprint density at radius 3 is 2.79 bits per heavy atom. The van der Waals surface area contributed by atoms with Gasteiger partial charge in [-0.1, -0.05) is 15.9 Å². The molecule has 0 amide bonds. The fourth-order valence-electron chi connectivity index (χ4n) is 1.51. The molecule has 1 aromatic carbocycles. The van der Waals surface area contributed by atoms with E-state index in [2.05, 4.69) is 47.1 Å². The van der Waals surface area contributed by atoms with Gasteiger partial charge in [0.15, 0.2) is 5.82 Å². The molecule has 100 valence electrons. The van der Waals surface area contributed by atoms with Crippen molar-refractivity contribution in [1.82, 2.24) is 9.97 Å². The molecule has 0 fully saturated rings. The largest absolute Gasteiger partial charge is 0.384 e. The maximum absolute atomic E-state index is 5.74. The molecule has 7 heteroatoms. The van der Waals surface area contributed by atoms with Crippen molar-refractivity contribution < 1.29 is 4.74 Å². The minimum absolute atomic E-state index is 0.319. The number of hydrogen-bond acceptors (Lipinski definition) is 5. The van der Waals surface area contributed by atoms with Crippen LogP contribution in [0.25, 0.3) is 0 Å². The predicted molar refractivity (Wildman–Crippen MR) is 82.3 cm³/mol. The molecule has 5 nitrogen and oxygen atoms in total. The Labute approximate surface area is 127 Å². The van der Waals surface area contributed by atoms with E-state index in [9.17, 15) is 0 Å². The van der Waals surface area contributed by atoms with E-state index in [1.54, 1.807) is 13.2 Å². The van der Waals surface area contributed by atoms with Crippen LogP contribution in [0, 0.1) is 0 Å². The van der Waals surface area contributed by atoms with Crippen molar-refractivity contribution in [3.05, 3.63) is 39.0 Å². The van der Waals surface area contributed by atoms with Gasteiger partial charge in [-0.3, -0.25) is 0 Å².